The predicted octanol–water partition coefficient (Wildman–Crippen LogP) is 2.55. The Balaban J connectivity index is 1.26. The van der Waals surface area contributed by atoms with Crippen LogP contribution in [0.1, 0.15) is 44.1 Å². The molecule has 1 atom stereocenters. The molecule has 1 aromatic rings. The van der Waals surface area contributed by atoms with Crippen molar-refractivity contribution in [2.75, 3.05) is 39.3 Å². The molecule has 0 aliphatic carbocycles. The molecule has 0 radical (unpaired) electrons. The average molecular weight is 384 g/mol. The van der Waals surface area contributed by atoms with Gasteiger partial charge in [-0.25, -0.2) is 0 Å². The molecule has 3 heterocycles. The number of hydrogen-bond acceptors (Lipinski definition) is 3. The lowest BCUT2D eigenvalue weighted by molar-refractivity contribution is -0.136. The maximum absolute atomic E-state index is 12.8. The quantitative estimate of drug-likeness (QED) is 0.803. The van der Waals surface area contributed by atoms with Gasteiger partial charge in [0.1, 0.15) is 0 Å². The minimum Gasteiger partial charge on any atom is -0.342 e. The zero-order valence-corrected chi connectivity index (χ0v) is 16.9. The fourth-order valence-corrected chi connectivity index (χ4v) is 5.10. The Morgan fingerprint density at radius 2 is 1.54 bits per heavy atom. The third-order valence-electron chi connectivity index (χ3n) is 6.75. The van der Waals surface area contributed by atoms with E-state index in [0.717, 1.165) is 83.4 Å². The van der Waals surface area contributed by atoms with Crippen LogP contribution in [0.5, 0.6) is 0 Å². The minimum atomic E-state index is 0.185. The Hall–Kier alpha value is -1.88. The van der Waals surface area contributed by atoms with Crippen molar-refractivity contribution in [2.45, 2.75) is 51.0 Å². The number of amides is 2. The standard InChI is InChI=1S/C23H33N3O2/c27-22(17-19-7-2-1-3-8-19)24-15-10-21(11-16-24)26-14-6-9-20(18-26)23(28)25-12-4-5-13-25/h1-3,7-8,20-21H,4-6,9-18H2/t20-/m0/s1. The van der Waals surface area contributed by atoms with E-state index >= 15 is 0 Å². The van der Waals surface area contributed by atoms with E-state index in [1.54, 1.807) is 0 Å². The number of benzene rings is 1. The molecule has 1 aromatic carbocycles. The van der Waals surface area contributed by atoms with E-state index < -0.39 is 0 Å². The van der Waals surface area contributed by atoms with Crippen LogP contribution in [0.2, 0.25) is 0 Å². The summed E-state index contributed by atoms with van der Waals surface area (Å²) in [5.74, 6) is 0.813. The van der Waals surface area contributed by atoms with Crippen LogP contribution in [0, 0.1) is 5.92 Å². The summed E-state index contributed by atoms with van der Waals surface area (Å²) in [6.45, 7) is 5.62. The Bertz CT molecular complexity index is 664. The summed E-state index contributed by atoms with van der Waals surface area (Å²) in [6, 6.07) is 10.5. The zero-order valence-electron chi connectivity index (χ0n) is 16.9. The average Bonchev–Trinajstić information content (AvgIpc) is 3.29. The summed E-state index contributed by atoms with van der Waals surface area (Å²) in [4.78, 5) is 32.0. The predicted molar refractivity (Wildman–Crippen MR) is 110 cm³/mol. The molecule has 3 aliphatic heterocycles. The second-order valence-electron chi connectivity index (χ2n) is 8.64. The first kappa shape index (κ1) is 19.4. The molecular formula is C23H33N3O2. The maximum Gasteiger partial charge on any atom is 0.226 e. The fourth-order valence-electron chi connectivity index (χ4n) is 5.10. The summed E-state index contributed by atoms with van der Waals surface area (Å²) in [5, 5.41) is 0. The summed E-state index contributed by atoms with van der Waals surface area (Å²) in [7, 11) is 0. The Morgan fingerprint density at radius 1 is 0.821 bits per heavy atom. The molecule has 0 unspecified atom stereocenters. The van der Waals surface area contributed by atoms with Gasteiger partial charge in [0.15, 0.2) is 0 Å². The molecule has 0 saturated carbocycles. The smallest absolute Gasteiger partial charge is 0.226 e. The SMILES string of the molecule is O=C(Cc1ccccc1)N1CCC(N2CCC[C@H](C(=O)N3CCCC3)C2)CC1. The molecule has 5 nitrogen and oxygen atoms in total. The molecule has 0 N–H and O–H groups in total. The number of carbonyl (C=O) groups is 2. The first-order valence-corrected chi connectivity index (χ1v) is 11.1. The molecule has 0 bridgehead atoms. The Kier molecular flexibility index (Phi) is 6.30. The molecule has 0 spiro atoms. The number of carbonyl (C=O) groups excluding carboxylic acids is 2. The van der Waals surface area contributed by atoms with E-state index in [2.05, 4.69) is 9.80 Å². The van der Waals surface area contributed by atoms with Gasteiger partial charge >= 0.3 is 0 Å². The van der Waals surface area contributed by atoms with Gasteiger partial charge in [-0.1, -0.05) is 30.3 Å². The first-order valence-electron chi connectivity index (χ1n) is 11.1. The highest BCUT2D eigenvalue weighted by Gasteiger charge is 2.34. The summed E-state index contributed by atoms with van der Waals surface area (Å²) >= 11 is 0. The van der Waals surface area contributed by atoms with Crippen LogP contribution in [0.4, 0.5) is 0 Å². The molecule has 28 heavy (non-hydrogen) atoms. The third-order valence-corrected chi connectivity index (χ3v) is 6.75. The largest absolute Gasteiger partial charge is 0.342 e. The number of hydrogen-bond donors (Lipinski definition) is 0. The lowest BCUT2D eigenvalue weighted by atomic mass is 9.92. The summed E-state index contributed by atoms with van der Waals surface area (Å²) in [6.07, 6.45) is 7.06. The number of likely N-dealkylation sites (tertiary alicyclic amines) is 3. The zero-order chi connectivity index (χ0) is 19.3. The van der Waals surface area contributed by atoms with Crippen molar-refractivity contribution in [3.8, 4) is 0 Å². The van der Waals surface area contributed by atoms with Crippen LogP contribution in [-0.2, 0) is 16.0 Å². The lowest BCUT2D eigenvalue weighted by Gasteiger charge is -2.42. The monoisotopic (exact) mass is 383 g/mol. The van der Waals surface area contributed by atoms with Crippen LogP contribution in [0.3, 0.4) is 0 Å². The Labute approximate surface area is 168 Å². The summed E-state index contributed by atoms with van der Waals surface area (Å²) < 4.78 is 0. The van der Waals surface area contributed by atoms with E-state index in [0.29, 0.717) is 18.4 Å². The summed E-state index contributed by atoms with van der Waals surface area (Å²) in [5.41, 5.74) is 1.09. The van der Waals surface area contributed by atoms with Crippen molar-refractivity contribution in [2.24, 2.45) is 5.92 Å². The van der Waals surface area contributed by atoms with E-state index in [-0.39, 0.29) is 11.8 Å². The van der Waals surface area contributed by atoms with Gasteiger partial charge in [-0.15, -0.1) is 0 Å². The van der Waals surface area contributed by atoms with Gasteiger partial charge in [0.05, 0.1) is 12.3 Å². The maximum atomic E-state index is 12.8. The van der Waals surface area contributed by atoms with Crippen molar-refractivity contribution in [1.29, 1.82) is 0 Å². The van der Waals surface area contributed by atoms with Crippen LogP contribution < -0.4 is 0 Å². The topological polar surface area (TPSA) is 43.9 Å². The van der Waals surface area contributed by atoms with E-state index in [1.165, 1.54) is 0 Å². The van der Waals surface area contributed by atoms with Gasteiger partial charge in [0.25, 0.3) is 0 Å². The normalized spacial score (nSPS) is 24.5. The van der Waals surface area contributed by atoms with E-state index in [9.17, 15) is 9.59 Å². The van der Waals surface area contributed by atoms with E-state index in [1.807, 2.05) is 35.2 Å². The second kappa shape index (κ2) is 9.08. The van der Waals surface area contributed by atoms with Gasteiger partial charge in [-0.3, -0.25) is 14.5 Å². The molecular weight excluding hydrogens is 350 g/mol. The number of piperidine rings is 2. The number of nitrogens with zero attached hydrogens (tertiary/aromatic N) is 3. The second-order valence-corrected chi connectivity index (χ2v) is 8.64. The van der Waals surface area contributed by atoms with Crippen molar-refractivity contribution in [1.82, 2.24) is 14.7 Å². The lowest BCUT2D eigenvalue weighted by Crippen LogP contribution is -2.52. The molecule has 0 aromatic heterocycles. The van der Waals surface area contributed by atoms with Crippen LogP contribution >= 0.6 is 0 Å². The van der Waals surface area contributed by atoms with Gasteiger partial charge in [-0.05, 0) is 50.6 Å². The van der Waals surface area contributed by atoms with Crippen molar-refractivity contribution in [3.63, 3.8) is 0 Å². The highest BCUT2D eigenvalue weighted by molar-refractivity contribution is 5.79. The molecule has 152 valence electrons. The highest BCUT2D eigenvalue weighted by Crippen LogP contribution is 2.26. The van der Waals surface area contributed by atoms with Gasteiger partial charge < -0.3 is 9.80 Å². The number of rotatable bonds is 4. The Morgan fingerprint density at radius 3 is 2.25 bits per heavy atom. The third kappa shape index (κ3) is 4.57. The molecule has 2 amide bonds. The van der Waals surface area contributed by atoms with E-state index in [4.69, 9.17) is 0 Å². The van der Waals surface area contributed by atoms with Crippen LogP contribution in [0.25, 0.3) is 0 Å². The minimum absolute atomic E-state index is 0.185. The van der Waals surface area contributed by atoms with Crippen LogP contribution in [0.15, 0.2) is 30.3 Å². The van der Waals surface area contributed by atoms with Crippen molar-refractivity contribution >= 4 is 11.8 Å². The molecule has 5 heteroatoms. The molecule has 4 rings (SSSR count). The molecule has 3 fully saturated rings. The van der Waals surface area contributed by atoms with Gasteiger partial charge in [0.2, 0.25) is 11.8 Å². The fraction of sp³-hybridized carbons (Fsp3) is 0.652. The molecule has 3 saturated heterocycles. The van der Waals surface area contributed by atoms with Crippen molar-refractivity contribution in [3.05, 3.63) is 35.9 Å². The first-order chi connectivity index (χ1) is 13.7. The molecule has 3 aliphatic rings. The van der Waals surface area contributed by atoms with Crippen molar-refractivity contribution < 1.29 is 9.59 Å². The van der Waals surface area contributed by atoms with Crippen LogP contribution in [-0.4, -0.2) is 71.8 Å². The van der Waals surface area contributed by atoms with Gasteiger partial charge in [-0.2, -0.15) is 0 Å². The van der Waals surface area contributed by atoms with Gasteiger partial charge in [0, 0.05) is 38.8 Å². The highest BCUT2D eigenvalue weighted by atomic mass is 16.2.